The van der Waals surface area contributed by atoms with E-state index in [0.717, 1.165) is 22.3 Å². The number of benzene rings is 2. The third kappa shape index (κ3) is 4.52. The normalized spacial score (nSPS) is 11.8. The molecule has 146 valence electrons. The van der Waals surface area contributed by atoms with E-state index < -0.39 is 0 Å². The lowest BCUT2D eigenvalue weighted by molar-refractivity contribution is -0.119. The van der Waals surface area contributed by atoms with Crippen LogP contribution in [-0.4, -0.2) is 19.2 Å². The van der Waals surface area contributed by atoms with E-state index in [0.29, 0.717) is 30.4 Å². The van der Waals surface area contributed by atoms with Gasteiger partial charge < -0.3 is 19.2 Å². The summed E-state index contributed by atoms with van der Waals surface area (Å²) in [6.45, 7) is 9.82. The quantitative estimate of drug-likeness (QED) is 0.562. The number of nitrogens with one attached hydrogen (secondary N) is 1. The monoisotopic (exact) mass is 380 g/mol. The van der Waals surface area contributed by atoms with E-state index in [1.807, 2.05) is 56.3 Å². The van der Waals surface area contributed by atoms with Gasteiger partial charge in [0.05, 0.1) is 12.6 Å². The Morgan fingerprint density at radius 3 is 2.75 bits per heavy atom. The predicted molar refractivity (Wildman–Crippen MR) is 110 cm³/mol. The average molecular weight is 380 g/mol. The molecule has 0 spiro atoms. The third-order valence-corrected chi connectivity index (χ3v) is 4.25. The molecule has 2 aromatic carbocycles. The maximum Gasteiger partial charge on any atom is 0.217 e. The smallest absolute Gasteiger partial charge is 0.217 e. The fourth-order valence-electron chi connectivity index (χ4n) is 2.94. The Morgan fingerprint density at radius 1 is 1.21 bits per heavy atom. The van der Waals surface area contributed by atoms with Crippen molar-refractivity contribution in [2.45, 2.75) is 33.4 Å². The summed E-state index contributed by atoms with van der Waals surface area (Å²) in [5.74, 6) is 2.04. The van der Waals surface area contributed by atoms with Crippen LogP contribution in [-0.2, 0) is 11.4 Å². The van der Waals surface area contributed by atoms with Crippen molar-refractivity contribution in [3.8, 4) is 11.5 Å². The van der Waals surface area contributed by atoms with E-state index in [-0.39, 0.29) is 11.9 Å². The molecule has 3 rings (SSSR count). The Hall–Kier alpha value is -3.28. The molecule has 0 bridgehead atoms. The number of amides is 1. The molecule has 0 fully saturated rings. The summed E-state index contributed by atoms with van der Waals surface area (Å²) >= 11 is 0. The zero-order chi connectivity index (χ0) is 20.1. The number of fused-ring (bicyclic) bond motifs is 1. The molecule has 0 aliphatic heterocycles. The minimum atomic E-state index is -0.191. The molecule has 1 unspecified atom stereocenters. The highest BCUT2D eigenvalue weighted by atomic mass is 16.5. The summed E-state index contributed by atoms with van der Waals surface area (Å²) in [5.41, 5.74) is 2.44. The Bertz CT molecular complexity index is 993. The number of aliphatic imine (C=N–C) groups is 1. The van der Waals surface area contributed by atoms with Crippen molar-refractivity contribution in [2.24, 2.45) is 4.99 Å². The van der Waals surface area contributed by atoms with Crippen molar-refractivity contribution in [1.29, 1.82) is 0 Å². The topological polar surface area (TPSA) is 73.1 Å². The van der Waals surface area contributed by atoms with Gasteiger partial charge in [-0.25, -0.2) is 0 Å². The van der Waals surface area contributed by atoms with Crippen LogP contribution in [0.15, 0.2) is 51.9 Å². The van der Waals surface area contributed by atoms with E-state index in [1.54, 1.807) is 0 Å². The number of ether oxygens (including phenoxy) is 2. The van der Waals surface area contributed by atoms with Crippen molar-refractivity contribution < 1.29 is 18.7 Å². The Morgan fingerprint density at radius 2 is 2.04 bits per heavy atom. The van der Waals surface area contributed by atoms with Crippen molar-refractivity contribution in [2.75, 3.05) is 6.61 Å². The van der Waals surface area contributed by atoms with Gasteiger partial charge in [-0.1, -0.05) is 6.07 Å². The van der Waals surface area contributed by atoms with Crippen LogP contribution in [0.5, 0.6) is 11.5 Å². The van der Waals surface area contributed by atoms with Gasteiger partial charge in [0.15, 0.2) is 0 Å². The average Bonchev–Trinajstić information content (AvgIpc) is 3.10. The van der Waals surface area contributed by atoms with Gasteiger partial charge in [0.1, 0.15) is 35.1 Å². The van der Waals surface area contributed by atoms with Gasteiger partial charge in [-0.15, -0.1) is 0 Å². The standard InChI is InChI=1S/C22H24N2O4/c1-5-26-22-10-16(6-8-19(22)23-4)13-27-18-7-9-20-17(11-18)12-21(28-20)14(2)24-15(3)25/h6-12,14H,4-5,13H2,1-3H3,(H,24,25). The van der Waals surface area contributed by atoms with Gasteiger partial charge in [0.25, 0.3) is 0 Å². The van der Waals surface area contributed by atoms with Gasteiger partial charge in [0, 0.05) is 12.3 Å². The maximum absolute atomic E-state index is 11.2. The highest BCUT2D eigenvalue weighted by molar-refractivity contribution is 5.80. The molecule has 1 heterocycles. The lowest BCUT2D eigenvalue weighted by Crippen LogP contribution is -2.23. The number of nitrogens with zero attached hydrogens (tertiary/aromatic N) is 1. The Balaban J connectivity index is 1.73. The fourth-order valence-corrected chi connectivity index (χ4v) is 2.94. The molecular weight excluding hydrogens is 356 g/mol. The SMILES string of the molecule is C=Nc1ccc(COc2ccc3oc(C(C)NC(C)=O)cc3c2)cc1OCC. The zero-order valence-electron chi connectivity index (χ0n) is 16.3. The summed E-state index contributed by atoms with van der Waals surface area (Å²) in [6.07, 6.45) is 0. The van der Waals surface area contributed by atoms with Crippen LogP contribution in [0.3, 0.4) is 0 Å². The van der Waals surface area contributed by atoms with Crippen LogP contribution in [0.4, 0.5) is 5.69 Å². The molecule has 28 heavy (non-hydrogen) atoms. The van der Waals surface area contributed by atoms with E-state index in [4.69, 9.17) is 13.9 Å². The van der Waals surface area contributed by atoms with Crippen molar-refractivity contribution in [3.05, 3.63) is 53.8 Å². The van der Waals surface area contributed by atoms with E-state index >= 15 is 0 Å². The van der Waals surface area contributed by atoms with Crippen LogP contribution in [0, 0.1) is 0 Å². The highest BCUT2D eigenvalue weighted by Gasteiger charge is 2.13. The first-order chi connectivity index (χ1) is 13.5. The lowest BCUT2D eigenvalue weighted by Gasteiger charge is -2.10. The fraction of sp³-hybridized carbons (Fsp3) is 0.273. The summed E-state index contributed by atoms with van der Waals surface area (Å²) in [6, 6.07) is 13.1. The number of hydrogen-bond acceptors (Lipinski definition) is 5. The van der Waals surface area contributed by atoms with Gasteiger partial charge in [-0.05, 0) is 62.5 Å². The summed E-state index contributed by atoms with van der Waals surface area (Å²) < 4.78 is 17.3. The Kier molecular flexibility index (Phi) is 5.99. The molecule has 1 atom stereocenters. The van der Waals surface area contributed by atoms with Crippen molar-refractivity contribution >= 4 is 29.3 Å². The third-order valence-electron chi connectivity index (χ3n) is 4.25. The molecule has 1 aromatic heterocycles. The van der Waals surface area contributed by atoms with Gasteiger partial charge in [-0.2, -0.15) is 0 Å². The first kappa shape index (κ1) is 19.5. The molecule has 0 radical (unpaired) electrons. The van der Waals surface area contributed by atoms with Crippen LogP contribution in [0.25, 0.3) is 11.0 Å². The second-order valence-electron chi connectivity index (χ2n) is 6.45. The summed E-state index contributed by atoms with van der Waals surface area (Å²) in [4.78, 5) is 15.2. The largest absolute Gasteiger partial charge is 0.492 e. The number of furan rings is 1. The van der Waals surface area contributed by atoms with Crippen molar-refractivity contribution in [3.63, 3.8) is 0 Å². The maximum atomic E-state index is 11.2. The number of hydrogen-bond donors (Lipinski definition) is 1. The minimum absolute atomic E-state index is 0.0962. The molecule has 1 N–H and O–H groups in total. The molecule has 3 aromatic rings. The minimum Gasteiger partial charge on any atom is -0.492 e. The van der Waals surface area contributed by atoms with E-state index in [1.165, 1.54) is 6.92 Å². The van der Waals surface area contributed by atoms with E-state index in [2.05, 4.69) is 17.0 Å². The molecule has 6 nitrogen and oxygen atoms in total. The molecule has 0 aliphatic carbocycles. The van der Waals surface area contributed by atoms with Crippen LogP contribution in [0.1, 0.15) is 38.1 Å². The van der Waals surface area contributed by atoms with Crippen LogP contribution < -0.4 is 14.8 Å². The first-order valence-corrected chi connectivity index (χ1v) is 9.16. The second-order valence-corrected chi connectivity index (χ2v) is 6.45. The second kappa shape index (κ2) is 8.61. The van der Waals surface area contributed by atoms with E-state index in [9.17, 15) is 4.79 Å². The van der Waals surface area contributed by atoms with Crippen molar-refractivity contribution in [1.82, 2.24) is 5.32 Å². The number of carbonyl (C=O) groups excluding carboxylic acids is 1. The summed E-state index contributed by atoms with van der Waals surface area (Å²) in [5, 5.41) is 3.74. The lowest BCUT2D eigenvalue weighted by atomic mass is 10.2. The molecule has 0 aliphatic rings. The number of rotatable bonds is 8. The zero-order valence-corrected chi connectivity index (χ0v) is 16.3. The molecule has 6 heteroatoms. The van der Waals surface area contributed by atoms with Crippen LogP contribution in [0.2, 0.25) is 0 Å². The number of carbonyl (C=O) groups is 1. The molecule has 0 saturated carbocycles. The highest BCUT2D eigenvalue weighted by Crippen LogP contribution is 2.30. The Labute approximate surface area is 164 Å². The first-order valence-electron chi connectivity index (χ1n) is 9.16. The van der Waals surface area contributed by atoms with Gasteiger partial charge in [0.2, 0.25) is 5.91 Å². The van der Waals surface area contributed by atoms with Gasteiger partial charge >= 0.3 is 0 Å². The van der Waals surface area contributed by atoms with Crippen LogP contribution >= 0.6 is 0 Å². The molecule has 0 saturated heterocycles. The molecular formula is C22H24N2O4. The predicted octanol–water partition coefficient (Wildman–Crippen LogP) is 4.94. The molecule has 1 amide bonds. The summed E-state index contributed by atoms with van der Waals surface area (Å²) in [7, 11) is 0. The van der Waals surface area contributed by atoms with Gasteiger partial charge in [-0.3, -0.25) is 9.79 Å².